The van der Waals surface area contributed by atoms with Crippen molar-refractivity contribution in [2.24, 2.45) is 0 Å². The molecule has 23 heteroatoms. The van der Waals surface area contributed by atoms with E-state index >= 15 is 0 Å². The van der Waals surface area contributed by atoms with Crippen LogP contribution in [0.15, 0.2) is 36.5 Å². The third kappa shape index (κ3) is 99.4. The van der Waals surface area contributed by atoms with E-state index < -0.39 is 0 Å². The summed E-state index contributed by atoms with van der Waals surface area (Å²) in [6.07, 6.45) is 80.1. The largest absolute Gasteiger partial charge is 0.462 e. The normalized spacial score (nSPS) is 11.5. The lowest BCUT2D eigenvalue weighted by molar-refractivity contribution is -0.151. The summed E-state index contributed by atoms with van der Waals surface area (Å²) in [4.78, 5) is 123. The maximum atomic E-state index is 13.0. The highest BCUT2D eigenvalue weighted by atomic mass is 32.2. The second kappa shape index (κ2) is 107. The van der Waals surface area contributed by atoms with Crippen molar-refractivity contribution in [2.75, 3.05) is 118 Å². The number of unbranched alkanes of at least 4 members (excludes halogenated alkanes) is 38. The van der Waals surface area contributed by atoms with E-state index in [-0.39, 0.29) is 82.7 Å². The van der Waals surface area contributed by atoms with Crippen molar-refractivity contribution in [3.05, 3.63) is 36.5 Å². The minimum Gasteiger partial charge on any atom is -0.462 e. The average molecular weight is 1960 g/mol. The number of nitrogens with zero attached hydrogens (tertiary/aromatic N) is 5. The predicted octanol–water partition coefficient (Wildman–Crippen LogP) is 31.5. The first-order chi connectivity index (χ1) is 65.6. The highest BCUT2D eigenvalue weighted by Gasteiger charge is 2.23. The molecule has 0 aromatic rings. The number of esters is 6. The SMILES string of the molecule is CCCCCC/C=C\COC(=O)CCCCCN(CCCCCC(=O)OC(CCCCCC)CCCCCC)C(=O)SCCC.CCCCCC/C=C\COC(=O)CCCN(CCCC(=O)OC(CCCCCC)CCCCCC)C(=O)SCCN(C)C.CCCCCC/C=C\COC(=O)CCCN(CCCC(=O)OC(CCCCCCCC)CCCCCCCC)C(=O)SCCN(C)C. The average Bonchev–Trinajstić information content (AvgIpc) is 0.937. The first-order valence-electron chi connectivity index (χ1n) is 55.7. The smallest absolute Gasteiger partial charge is 0.306 e. The number of allylic oxidation sites excluding steroid dienone is 3. The van der Waals surface area contributed by atoms with E-state index in [0.29, 0.717) is 115 Å². The summed E-state index contributed by atoms with van der Waals surface area (Å²) in [6, 6.07) is 0. The molecule has 0 unspecified atom stereocenters. The molecule has 0 heterocycles. The Morgan fingerprint density at radius 2 is 0.422 bits per heavy atom. The van der Waals surface area contributed by atoms with Gasteiger partial charge in [0, 0.05) is 108 Å². The van der Waals surface area contributed by atoms with Crippen LogP contribution in [0.1, 0.15) is 493 Å². The summed E-state index contributed by atoms with van der Waals surface area (Å²) in [5.74, 6) is 1.24. The van der Waals surface area contributed by atoms with Crippen LogP contribution in [0.2, 0.25) is 0 Å². The maximum Gasteiger partial charge on any atom is 0.306 e. The van der Waals surface area contributed by atoms with Crippen LogP contribution in [-0.4, -0.2) is 212 Å². The molecular weight excluding hydrogens is 1750 g/mol. The van der Waals surface area contributed by atoms with Crippen molar-refractivity contribution in [3.8, 4) is 0 Å². The van der Waals surface area contributed by atoms with Crippen LogP contribution in [0.25, 0.3) is 0 Å². The zero-order valence-electron chi connectivity index (χ0n) is 89.8. The fourth-order valence-corrected chi connectivity index (χ4v) is 18.2. The number of carbonyl (C=O) groups is 9. The van der Waals surface area contributed by atoms with Crippen molar-refractivity contribution >= 4 is 86.8 Å². The quantitative estimate of drug-likeness (QED) is 0.0239. The lowest BCUT2D eigenvalue weighted by Crippen LogP contribution is -2.31. The molecule has 3 amide bonds. The number of hydrogen-bond acceptors (Lipinski definition) is 20. The van der Waals surface area contributed by atoms with E-state index in [1.165, 1.54) is 254 Å². The van der Waals surface area contributed by atoms with Crippen molar-refractivity contribution in [1.82, 2.24) is 24.5 Å². The summed E-state index contributed by atoms with van der Waals surface area (Å²) in [5, 5.41) is 0.147. The first-order valence-corrected chi connectivity index (χ1v) is 58.7. The summed E-state index contributed by atoms with van der Waals surface area (Å²) in [7, 11) is 7.97. The number of amides is 3. The molecule has 0 aliphatic carbocycles. The standard InChI is InChI=1S/C39H74N2O5S.C38H71NO5S.C35H66N2O5S/c1-6-9-12-15-18-21-24-34-45-37(42)29-25-31-41(39(44)47-35-33-40(4)5)32-26-30-38(43)46-36(27-22-19-16-13-10-7-2)28-23-20-17-14-11-8-3;1-5-9-12-15-16-17-26-33-43-36(40)29-22-18-24-31-39(38(42)45-34-8-4)32-25-19-23-30-37(41)44-35(27-20-13-10-6-2)28-21-14-11-7-3;1-6-9-12-15-16-17-20-30-41-33(38)25-21-27-37(35(40)43-31-29-36(4)5)28-22-26-34(39)42-32(23-18-13-10-7-2)24-19-14-11-8-3/h21,24,36H,6-20,22-23,25-35H2,1-5H3;17,26,35H,5-16,18-25,27-34H2,1-4H3;17,20,32H,6-16,18-19,21-31H2,1-5H3/b24-21-;26-17-;20-17-. The lowest BCUT2D eigenvalue weighted by atomic mass is 10.0. The number of hydrogen-bond donors (Lipinski definition) is 0. The van der Waals surface area contributed by atoms with Crippen LogP contribution >= 0.6 is 35.3 Å². The maximum absolute atomic E-state index is 13.0. The third-order valence-corrected chi connectivity index (χ3v) is 26.9. The lowest BCUT2D eigenvalue weighted by Gasteiger charge is -2.23. The van der Waals surface area contributed by atoms with Crippen LogP contribution in [0.4, 0.5) is 14.4 Å². The summed E-state index contributed by atoms with van der Waals surface area (Å²) in [5.41, 5.74) is 0. The fraction of sp³-hybridized carbons (Fsp3) is 0.866. The molecule has 0 aromatic heterocycles. The minimum absolute atomic E-state index is 0.000633. The number of rotatable bonds is 94. The Labute approximate surface area is 842 Å². The molecule has 0 aromatic carbocycles. The molecular formula is C112H211N5O15S3. The molecule has 0 aliphatic rings. The van der Waals surface area contributed by atoms with Gasteiger partial charge in [0.15, 0.2) is 0 Å². The van der Waals surface area contributed by atoms with Crippen LogP contribution in [-0.2, 0) is 57.2 Å². The van der Waals surface area contributed by atoms with Crippen molar-refractivity contribution < 1.29 is 71.6 Å². The van der Waals surface area contributed by atoms with Crippen molar-refractivity contribution in [3.63, 3.8) is 0 Å². The Hall–Kier alpha value is -4.58. The molecule has 0 spiro atoms. The highest BCUT2D eigenvalue weighted by Crippen LogP contribution is 2.24. The van der Waals surface area contributed by atoms with Crippen LogP contribution in [0, 0.1) is 0 Å². The van der Waals surface area contributed by atoms with Crippen LogP contribution < -0.4 is 0 Å². The van der Waals surface area contributed by atoms with Crippen LogP contribution in [0.3, 0.4) is 0 Å². The van der Waals surface area contributed by atoms with Gasteiger partial charge in [0.2, 0.25) is 0 Å². The van der Waals surface area contributed by atoms with Gasteiger partial charge in [-0.05, 0) is 202 Å². The molecule has 0 rings (SSSR count). The Bertz CT molecular complexity index is 2760. The Morgan fingerprint density at radius 1 is 0.215 bits per heavy atom. The van der Waals surface area contributed by atoms with Gasteiger partial charge in [0.1, 0.15) is 38.1 Å². The molecule has 0 bridgehead atoms. The fourth-order valence-electron chi connectivity index (χ4n) is 15.4. The molecule has 0 N–H and O–H groups in total. The van der Waals surface area contributed by atoms with Gasteiger partial charge in [-0.2, -0.15) is 0 Å². The molecule has 0 fully saturated rings. The van der Waals surface area contributed by atoms with Gasteiger partial charge in [-0.25, -0.2) is 0 Å². The monoisotopic (exact) mass is 1960 g/mol. The van der Waals surface area contributed by atoms with Crippen LogP contribution in [0.5, 0.6) is 0 Å². The number of thioether (sulfide) groups is 3. The topological polar surface area (TPSA) is 225 Å². The Morgan fingerprint density at radius 3 is 0.681 bits per heavy atom. The van der Waals surface area contributed by atoms with Gasteiger partial charge >= 0.3 is 35.8 Å². The minimum atomic E-state index is -0.240. The molecule has 0 radical (unpaired) electrons. The molecule has 0 aliphatic heterocycles. The molecule has 20 nitrogen and oxygen atoms in total. The van der Waals surface area contributed by atoms with E-state index in [2.05, 4.69) is 97.3 Å². The Balaban J connectivity index is -0.00000194. The zero-order chi connectivity index (χ0) is 100.0. The number of carbonyl (C=O) groups excluding carboxylic acids is 9. The van der Waals surface area contributed by atoms with E-state index in [1.807, 2.05) is 51.3 Å². The van der Waals surface area contributed by atoms with Crippen molar-refractivity contribution in [2.45, 2.75) is 511 Å². The van der Waals surface area contributed by atoms with Gasteiger partial charge < -0.3 is 52.9 Å². The van der Waals surface area contributed by atoms with Gasteiger partial charge in [0.25, 0.3) is 15.7 Å². The van der Waals surface area contributed by atoms with E-state index in [0.717, 1.165) is 167 Å². The van der Waals surface area contributed by atoms with Gasteiger partial charge in [0.05, 0.1) is 0 Å². The second-order valence-corrected chi connectivity index (χ2v) is 40.9. The summed E-state index contributed by atoms with van der Waals surface area (Å²) < 4.78 is 33.9. The van der Waals surface area contributed by atoms with Crippen molar-refractivity contribution in [1.29, 1.82) is 0 Å². The highest BCUT2D eigenvalue weighted by molar-refractivity contribution is 8.14. The second-order valence-electron chi connectivity index (χ2n) is 37.8. The molecule has 0 atom stereocenters. The number of ether oxygens (including phenoxy) is 6. The van der Waals surface area contributed by atoms with Gasteiger partial charge in [-0.1, -0.05) is 353 Å². The molecule has 0 saturated carbocycles. The molecule has 135 heavy (non-hydrogen) atoms. The van der Waals surface area contributed by atoms with E-state index in [1.54, 1.807) is 9.80 Å². The third-order valence-electron chi connectivity index (χ3n) is 24.0. The van der Waals surface area contributed by atoms with Gasteiger partial charge in [-0.15, -0.1) is 0 Å². The zero-order valence-corrected chi connectivity index (χ0v) is 92.3. The van der Waals surface area contributed by atoms with E-state index in [9.17, 15) is 43.2 Å². The first kappa shape index (κ1) is 135. The Kier molecular flexibility index (Phi) is 106. The predicted molar refractivity (Wildman–Crippen MR) is 577 cm³/mol. The molecule has 792 valence electrons. The summed E-state index contributed by atoms with van der Waals surface area (Å²) >= 11 is 4.00. The van der Waals surface area contributed by atoms with Gasteiger partial charge in [-0.3, -0.25) is 43.2 Å². The molecule has 0 saturated heterocycles. The summed E-state index contributed by atoms with van der Waals surface area (Å²) in [6.45, 7) is 28.0. The van der Waals surface area contributed by atoms with E-state index in [4.69, 9.17) is 28.4 Å².